The molecule has 152 valence electrons. The zero-order valence-electron chi connectivity index (χ0n) is 15.8. The lowest BCUT2D eigenvalue weighted by Crippen LogP contribution is -2.60. The van der Waals surface area contributed by atoms with Crippen LogP contribution in [-0.2, 0) is 4.79 Å². The maximum Gasteiger partial charge on any atom is 0.325 e. The van der Waals surface area contributed by atoms with Gasteiger partial charge in [-0.1, -0.05) is 35.5 Å². The number of amides is 1. The summed E-state index contributed by atoms with van der Waals surface area (Å²) < 4.78 is 1.43. The van der Waals surface area contributed by atoms with Crippen molar-refractivity contribution in [3.05, 3.63) is 73.5 Å². The van der Waals surface area contributed by atoms with Crippen LogP contribution in [0.3, 0.4) is 0 Å². The summed E-state index contributed by atoms with van der Waals surface area (Å²) in [7, 11) is 0. The number of nitro benzene ring substituents is 1. The topological polar surface area (TPSA) is 113 Å². The Hall–Kier alpha value is -3.24. The first-order valence-electron chi connectivity index (χ1n) is 8.76. The predicted octanol–water partition coefficient (Wildman–Crippen LogP) is 2.92. The van der Waals surface area contributed by atoms with Gasteiger partial charge in [-0.3, -0.25) is 24.7 Å². The number of fused-ring (bicyclic) bond motifs is 3. The second kappa shape index (κ2) is 7.54. The minimum Gasteiger partial charge on any atom is -0.291 e. The molecule has 0 radical (unpaired) electrons. The van der Waals surface area contributed by atoms with Gasteiger partial charge in [0.1, 0.15) is 5.02 Å². The third kappa shape index (κ3) is 3.14. The van der Waals surface area contributed by atoms with Crippen LogP contribution in [0.1, 0.15) is 18.7 Å². The first kappa shape index (κ1) is 20.0. The second-order valence-corrected chi connectivity index (χ2v) is 7.71. The van der Waals surface area contributed by atoms with Gasteiger partial charge in [-0.05, 0) is 35.2 Å². The van der Waals surface area contributed by atoms with Crippen LogP contribution < -0.4 is 15.1 Å². The fraction of sp³-hybridized carbons (Fsp3) is 0.158. The fourth-order valence-electron chi connectivity index (χ4n) is 3.54. The Morgan fingerprint density at radius 1 is 1.33 bits per heavy atom. The number of carbonyl (C=O) groups excluding carboxylic acids is 1. The largest absolute Gasteiger partial charge is 0.325 e. The highest BCUT2D eigenvalue weighted by Gasteiger charge is 2.45. The first-order chi connectivity index (χ1) is 14.3. The van der Waals surface area contributed by atoms with E-state index in [4.69, 9.17) is 11.6 Å². The van der Waals surface area contributed by atoms with Gasteiger partial charge in [-0.25, -0.2) is 4.90 Å². The van der Waals surface area contributed by atoms with Gasteiger partial charge < -0.3 is 0 Å². The standard InChI is InChI=1S/C19H14ClN5O4S/c1-10(26)23-14-6-4-3-5-12(14)16-17(27)21-19(30-2)22-24(16)18(23)11-7-8-13(20)15(9-11)25(28)29/h3-9,18H,1-2H3/p+1/t18-/m1/s1. The minimum absolute atomic E-state index is 0.0248. The number of hydrogen-bond donors (Lipinski definition) is 1. The smallest absolute Gasteiger partial charge is 0.291 e. The number of benzene rings is 2. The molecule has 1 aliphatic rings. The molecular formula is C19H15ClN5O4S+. The summed E-state index contributed by atoms with van der Waals surface area (Å²) in [5.74, 6) is -0.309. The number of aromatic nitrogens is 3. The Labute approximate surface area is 179 Å². The third-order valence-electron chi connectivity index (χ3n) is 4.76. The van der Waals surface area contributed by atoms with Gasteiger partial charge in [0, 0.05) is 18.1 Å². The lowest BCUT2D eigenvalue weighted by atomic mass is 10.0. The van der Waals surface area contributed by atoms with Crippen LogP contribution in [-0.4, -0.2) is 27.2 Å². The molecule has 11 heteroatoms. The summed E-state index contributed by atoms with van der Waals surface area (Å²) in [5, 5.41) is 16.3. The van der Waals surface area contributed by atoms with E-state index in [0.29, 0.717) is 22.0 Å². The Morgan fingerprint density at radius 3 is 2.73 bits per heavy atom. The third-order valence-corrected chi connectivity index (χ3v) is 5.65. The number of carbonyl (C=O) groups is 1. The molecule has 2 heterocycles. The number of thioether (sulfide) groups is 1. The lowest BCUT2D eigenvalue weighted by molar-refractivity contribution is -0.763. The summed E-state index contributed by atoms with van der Waals surface area (Å²) in [6.45, 7) is 1.39. The molecule has 30 heavy (non-hydrogen) atoms. The number of nitrogens with one attached hydrogen (secondary N) is 1. The zero-order chi connectivity index (χ0) is 21.6. The maximum atomic E-state index is 12.9. The molecule has 1 aliphatic heterocycles. The number of anilines is 1. The number of nitrogens with zero attached hydrogens (tertiary/aromatic N) is 4. The molecular weight excluding hydrogens is 430 g/mol. The van der Waals surface area contributed by atoms with Gasteiger partial charge in [0.2, 0.25) is 11.1 Å². The van der Waals surface area contributed by atoms with Crippen molar-refractivity contribution in [2.24, 2.45) is 0 Å². The monoisotopic (exact) mass is 444 g/mol. The Balaban J connectivity index is 2.09. The Bertz CT molecular complexity index is 1260. The summed E-state index contributed by atoms with van der Waals surface area (Å²) in [6.07, 6.45) is 0.851. The zero-order valence-corrected chi connectivity index (χ0v) is 17.4. The van der Waals surface area contributed by atoms with E-state index in [2.05, 4.69) is 10.1 Å². The number of aromatic amines is 1. The molecule has 0 unspecified atom stereocenters. The Kier molecular flexibility index (Phi) is 5.04. The quantitative estimate of drug-likeness (QED) is 0.287. The van der Waals surface area contributed by atoms with Crippen LogP contribution in [0.4, 0.5) is 11.4 Å². The molecule has 4 rings (SSSR count). The van der Waals surface area contributed by atoms with Gasteiger partial charge in [-0.15, -0.1) is 0 Å². The number of halogens is 1. The lowest BCUT2D eigenvalue weighted by Gasteiger charge is -2.31. The molecule has 0 spiro atoms. The second-order valence-electron chi connectivity index (χ2n) is 6.50. The van der Waals surface area contributed by atoms with Crippen molar-refractivity contribution >= 4 is 40.6 Å². The highest BCUT2D eigenvalue weighted by atomic mass is 35.5. The van der Waals surface area contributed by atoms with Gasteiger partial charge in [0.15, 0.2) is 0 Å². The average molecular weight is 445 g/mol. The van der Waals surface area contributed by atoms with Crippen molar-refractivity contribution in [1.82, 2.24) is 10.1 Å². The molecule has 3 aromatic rings. The van der Waals surface area contributed by atoms with Crippen LogP contribution in [0.2, 0.25) is 5.02 Å². The number of rotatable bonds is 3. The van der Waals surface area contributed by atoms with E-state index in [1.54, 1.807) is 36.6 Å². The van der Waals surface area contributed by atoms with E-state index in [1.807, 2.05) is 0 Å². The van der Waals surface area contributed by atoms with Gasteiger partial charge >= 0.3 is 11.3 Å². The van der Waals surface area contributed by atoms with Gasteiger partial charge in [0.05, 0.1) is 21.7 Å². The first-order valence-corrected chi connectivity index (χ1v) is 10.4. The summed E-state index contributed by atoms with van der Waals surface area (Å²) in [5.41, 5.74) is 1.02. The van der Waals surface area contributed by atoms with Crippen molar-refractivity contribution in [3.63, 3.8) is 0 Å². The molecule has 1 amide bonds. The van der Waals surface area contributed by atoms with E-state index < -0.39 is 11.1 Å². The van der Waals surface area contributed by atoms with E-state index >= 15 is 0 Å². The Morgan fingerprint density at radius 2 is 2.07 bits per heavy atom. The number of hydrogen-bond acceptors (Lipinski definition) is 6. The van der Waals surface area contributed by atoms with Crippen LogP contribution in [0.5, 0.6) is 0 Å². The molecule has 9 nitrogen and oxygen atoms in total. The molecule has 0 saturated carbocycles. The van der Waals surface area contributed by atoms with Crippen molar-refractivity contribution in [3.8, 4) is 11.3 Å². The van der Waals surface area contributed by atoms with E-state index in [-0.39, 0.29) is 27.9 Å². The van der Waals surface area contributed by atoms with Crippen LogP contribution in [0, 0.1) is 10.1 Å². The normalized spacial score (nSPS) is 14.8. The molecule has 1 aromatic heterocycles. The predicted molar refractivity (Wildman–Crippen MR) is 112 cm³/mol. The number of H-pyrrole nitrogens is 1. The fourth-order valence-corrected chi connectivity index (χ4v) is 4.09. The van der Waals surface area contributed by atoms with E-state index in [1.165, 1.54) is 40.4 Å². The molecule has 2 aromatic carbocycles. The summed E-state index contributed by atoms with van der Waals surface area (Å²) in [4.78, 5) is 40.7. The average Bonchev–Trinajstić information content (AvgIpc) is 2.72. The van der Waals surface area contributed by atoms with Crippen molar-refractivity contribution in [2.45, 2.75) is 18.2 Å². The molecule has 1 N–H and O–H groups in total. The van der Waals surface area contributed by atoms with Gasteiger partial charge in [-0.2, -0.15) is 0 Å². The van der Waals surface area contributed by atoms with Crippen LogP contribution >= 0.6 is 23.4 Å². The molecule has 0 fully saturated rings. The minimum atomic E-state index is -0.906. The summed E-state index contributed by atoms with van der Waals surface area (Å²) >= 11 is 7.21. The highest BCUT2D eigenvalue weighted by Crippen LogP contribution is 2.38. The van der Waals surface area contributed by atoms with Gasteiger partial charge in [0.25, 0.3) is 11.9 Å². The van der Waals surface area contributed by atoms with Crippen LogP contribution in [0.15, 0.2) is 52.4 Å². The highest BCUT2D eigenvalue weighted by molar-refractivity contribution is 7.98. The molecule has 1 atom stereocenters. The van der Waals surface area contributed by atoms with Crippen molar-refractivity contribution < 1.29 is 14.4 Å². The van der Waals surface area contributed by atoms with Crippen molar-refractivity contribution in [1.29, 1.82) is 0 Å². The van der Waals surface area contributed by atoms with E-state index in [0.717, 1.165) is 0 Å². The summed E-state index contributed by atoms with van der Waals surface area (Å²) in [6, 6.07) is 11.3. The molecule has 0 aliphatic carbocycles. The SMILES string of the molecule is CSc1n[n+]2c(c(=O)[nH]1)-c1ccccc1N(C(C)=O)[C@H]2c1ccc(Cl)c([N+](=O)[O-])c1. The maximum absolute atomic E-state index is 12.9. The van der Waals surface area contributed by atoms with E-state index in [9.17, 15) is 19.7 Å². The van der Waals surface area contributed by atoms with Crippen LogP contribution in [0.25, 0.3) is 11.3 Å². The number of para-hydroxylation sites is 1. The molecule has 0 saturated heterocycles. The van der Waals surface area contributed by atoms with Crippen molar-refractivity contribution in [2.75, 3.05) is 11.2 Å². The molecule has 0 bridgehead atoms. The number of nitro groups is 1.